The van der Waals surface area contributed by atoms with Gasteiger partial charge in [0.15, 0.2) is 11.4 Å². The Morgan fingerprint density at radius 1 is 1.18 bits per heavy atom. The number of hydrogen-bond donors (Lipinski definition) is 0. The van der Waals surface area contributed by atoms with Gasteiger partial charge in [0.2, 0.25) is 0 Å². The third kappa shape index (κ3) is 5.51. The van der Waals surface area contributed by atoms with Crippen LogP contribution in [0.25, 0.3) is 5.69 Å². The Kier molecular flexibility index (Phi) is 6.97. The molecule has 2 saturated heterocycles. The summed E-state index contributed by atoms with van der Waals surface area (Å²) < 4.78 is 46.0. The van der Waals surface area contributed by atoms with Crippen molar-refractivity contribution in [1.29, 1.82) is 0 Å². The van der Waals surface area contributed by atoms with Gasteiger partial charge in [-0.05, 0) is 68.8 Å². The molecular formula is C24H31F3N4O2. The Morgan fingerprint density at radius 2 is 1.94 bits per heavy atom. The summed E-state index contributed by atoms with van der Waals surface area (Å²) in [7, 11) is 1.43. The molecular weight excluding hydrogens is 433 g/mol. The molecule has 2 aromatic rings. The molecule has 0 radical (unpaired) electrons. The summed E-state index contributed by atoms with van der Waals surface area (Å²) in [6.45, 7) is 6.81. The van der Waals surface area contributed by atoms with Gasteiger partial charge in [-0.15, -0.1) is 0 Å². The van der Waals surface area contributed by atoms with Crippen LogP contribution in [0.5, 0.6) is 5.75 Å². The van der Waals surface area contributed by atoms with Crippen LogP contribution < -0.4 is 4.74 Å². The van der Waals surface area contributed by atoms with Gasteiger partial charge in [-0.2, -0.15) is 18.3 Å². The maximum atomic E-state index is 13.3. The molecule has 6 nitrogen and oxygen atoms in total. The summed E-state index contributed by atoms with van der Waals surface area (Å²) in [6.07, 6.45) is 1.46. The summed E-state index contributed by atoms with van der Waals surface area (Å²) in [4.78, 5) is 17.6. The highest BCUT2D eigenvalue weighted by Crippen LogP contribution is 2.31. The number of amides is 1. The molecule has 2 aliphatic rings. The molecule has 180 valence electrons. The lowest BCUT2D eigenvalue weighted by Gasteiger charge is -2.37. The van der Waals surface area contributed by atoms with Gasteiger partial charge in [-0.1, -0.05) is 13.0 Å². The third-order valence-corrected chi connectivity index (χ3v) is 6.74. The van der Waals surface area contributed by atoms with Crippen LogP contribution in [-0.4, -0.2) is 65.3 Å². The number of ether oxygens (including phenoxy) is 1. The minimum absolute atomic E-state index is 0.127. The zero-order chi connectivity index (χ0) is 23.6. The Hall–Kier alpha value is -2.55. The third-order valence-electron chi connectivity index (χ3n) is 6.74. The molecule has 0 N–H and O–H groups in total. The lowest BCUT2D eigenvalue weighted by molar-refractivity contribution is -0.137. The van der Waals surface area contributed by atoms with Crippen molar-refractivity contribution in [2.45, 2.75) is 38.8 Å². The Labute approximate surface area is 192 Å². The van der Waals surface area contributed by atoms with Crippen molar-refractivity contribution in [2.24, 2.45) is 11.8 Å². The van der Waals surface area contributed by atoms with Crippen molar-refractivity contribution in [1.82, 2.24) is 19.6 Å². The molecule has 1 aromatic carbocycles. The molecule has 0 aliphatic carbocycles. The van der Waals surface area contributed by atoms with Crippen LogP contribution in [0, 0.1) is 11.8 Å². The van der Waals surface area contributed by atoms with Crippen LogP contribution in [0.15, 0.2) is 30.5 Å². The molecule has 1 amide bonds. The maximum absolute atomic E-state index is 13.3. The van der Waals surface area contributed by atoms with Gasteiger partial charge in [0.05, 0.1) is 24.6 Å². The Bertz CT molecular complexity index is 967. The monoisotopic (exact) mass is 464 g/mol. The van der Waals surface area contributed by atoms with Gasteiger partial charge in [-0.3, -0.25) is 4.79 Å². The predicted molar refractivity (Wildman–Crippen MR) is 119 cm³/mol. The second-order valence-electron chi connectivity index (χ2n) is 9.28. The molecule has 0 bridgehead atoms. The number of hydrogen-bond acceptors (Lipinski definition) is 4. The normalized spacial score (nSPS) is 20.8. The number of likely N-dealkylation sites (tertiary alicyclic amines) is 2. The number of piperidine rings is 2. The number of rotatable bonds is 5. The number of benzene rings is 1. The number of aromatic nitrogens is 2. The standard InChI is InChI=1S/C24H31F3N4O2/c1-17-8-11-29(12-9-17)14-18-5-4-10-30(15-18)23(32)22-21(33-2)16-31(28-22)20-7-3-6-19(13-20)24(25,26)27/h3,6-7,13,16-18H,4-5,8-12,14-15H2,1-2H3. The summed E-state index contributed by atoms with van der Waals surface area (Å²) in [6, 6.07) is 4.86. The summed E-state index contributed by atoms with van der Waals surface area (Å²) in [5.41, 5.74) is -0.422. The molecule has 1 aromatic heterocycles. The molecule has 1 unspecified atom stereocenters. The van der Waals surface area contributed by atoms with Crippen molar-refractivity contribution in [3.63, 3.8) is 0 Å². The van der Waals surface area contributed by atoms with Gasteiger partial charge in [-0.25, -0.2) is 4.68 Å². The molecule has 9 heteroatoms. The molecule has 0 spiro atoms. The first-order valence-corrected chi connectivity index (χ1v) is 11.6. The minimum Gasteiger partial charge on any atom is -0.493 e. The summed E-state index contributed by atoms with van der Waals surface area (Å²) in [5.74, 6) is 1.21. The average molecular weight is 465 g/mol. The smallest absolute Gasteiger partial charge is 0.416 e. The SMILES string of the molecule is COc1cn(-c2cccc(C(F)(F)F)c2)nc1C(=O)N1CCCC(CN2CCC(C)CC2)C1. The summed E-state index contributed by atoms with van der Waals surface area (Å²) in [5, 5.41) is 4.32. The molecule has 2 fully saturated rings. The van der Waals surface area contributed by atoms with E-state index in [1.165, 1.54) is 43.0 Å². The fourth-order valence-electron chi connectivity index (χ4n) is 4.77. The Morgan fingerprint density at radius 3 is 2.64 bits per heavy atom. The quantitative estimate of drug-likeness (QED) is 0.655. The second-order valence-corrected chi connectivity index (χ2v) is 9.28. The van der Waals surface area contributed by atoms with E-state index in [4.69, 9.17) is 4.74 Å². The number of nitrogens with zero attached hydrogens (tertiary/aromatic N) is 4. The first-order chi connectivity index (χ1) is 15.7. The number of halogens is 3. The fourth-order valence-corrected chi connectivity index (χ4v) is 4.77. The van der Waals surface area contributed by atoms with Crippen LogP contribution in [0.3, 0.4) is 0 Å². The van der Waals surface area contributed by atoms with Crippen LogP contribution in [0.2, 0.25) is 0 Å². The van der Waals surface area contributed by atoms with E-state index < -0.39 is 11.7 Å². The average Bonchev–Trinajstić information content (AvgIpc) is 3.24. The van der Waals surface area contributed by atoms with Crippen LogP contribution in [0.1, 0.15) is 48.7 Å². The van der Waals surface area contributed by atoms with E-state index in [2.05, 4.69) is 16.9 Å². The highest BCUT2D eigenvalue weighted by molar-refractivity contribution is 5.95. The number of alkyl halides is 3. The number of carbonyl (C=O) groups is 1. The van der Waals surface area contributed by atoms with Crippen molar-refractivity contribution < 1.29 is 22.7 Å². The van der Waals surface area contributed by atoms with Crippen LogP contribution in [-0.2, 0) is 6.18 Å². The van der Waals surface area contributed by atoms with E-state index in [1.807, 2.05) is 4.90 Å². The first-order valence-electron chi connectivity index (χ1n) is 11.6. The molecule has 0 saturated carbocycles. The number of carbonyl (C=O) groups excluding carboxylic acids is 1. The van der Waals surface area contributed by atoms with Gasteiger partial charge in [0.25, 0.3) is 5.91 Å². The lowest BCUT2D eigenvalue weighted by Crippen LogP contribution is -2.45. The fraction of sp³-hybridized carbons (Fsp3) is 0.583. The number of methoxy groups -OCH3 is 1. The van der Waals surface area contributed by atoms with E-state index in [-0.39, 0.29) is 23.0 Å². The summed E-state index contributed by atoms with van der Waals surface area (Å²) >= 11 is 0. The topological polar surface area (TPSA) is 50.6 Å². The second kappa shape index (κ2) is 9.75. The van der Waals surface area contributed by atoms with E-state index in [0.717, 1.165) is 50.5 Å². The van der Waals surface area contributed by atoms with Crippen LogP contribution in [0.4, 0.5) is 13.2 Å². The predicted octanol–water partition coefficient (Wildman–Crippen LogP) is 4.48. The van der Waals surface area contributed by atoms with Crippen molar-refractivity contribution in [2.75, 3.05) is 39.8 Å². The van der Waals surface area contributed by atoms with E-state index in [9.17, 15) is 18.0 Å². The maximum Gasteiger partial charge on any atom is 0.416 e. The highest BCUT2D eigenvalue weighted by atomic mass is 19.4. The zero-order valence-electron chi connectivity index (χ0n) is 19.1. The van der Waals surface area contributed by atoms with E-state index in [1.54, 1.807) is 0 Å². The van der Waals surface area contributed by atoms with Gasteiger partial charge in [0.1, 0.15) is 0 Å². The first kappa shape index (κ1) is 23.6. The molecule has 2 aliphatic heterocycles. The molecule has 33 heavy (non-hydrogen) atoms. The lowest BCUT2D eigenvalue weighted by atomic mass is 9.94. The largest absolute Gasteiger partial charge is 0.493 e. The molecule has 4 rings (SSSR count). The van der Waals surface area contributed by atoms with E-state index >= 15 is 0 Å². The molecule has 1 atom stereocenters. The van der Waals surface area contributed by atoms with Crippen molar-refractivity contribution >= 4 is 5.91 Å². The van der Waals surface area contributed by atoms with Gasteiger partial charge >= 0.3 is 6.18 Å². The van der Waals surface area contributed by atoms with Gasteiger partial charge in [0, 0.05) is 19.6 Å². The van der Waals surface area contributed by atoms with Crippen molar-refractivity contribution in [3.05, 3.63) is 41.7 Å². The Balaban J connectivity index is 1.48. The van der Waals surface area contributed by atoms with Crippen LogP contribution >= 0.6 is 0 Å². The van der Waals surface area contributed by atoms with Crippen molar-refractivity contribution in [3.8, 4) is 11.4 Å². The van der Waals surface area contributed by atoms with Gasteiger partial charge < -0.3 is 14.5 Å². The highest BCUT2D eigenvalue weighted by Gasteiger charge is 2.32. The van der Waals surface area contributed by atoms with E-state index in [0.29, 0.717) is 19.0 Å². The minimum atomic E-state index is -4.46. The molecule has 3 heterocycles. The zero-order valence-corrected chi connectivity index (χ0v) is 19.1.